The molecule has 1 fully saturated rings. The van der Waals surface area contributed by atoms with Crippen molar-refractivity contribution in [1.29, 1.82) is 0 Å². The first-order valence-corrected chi connectivity index (χ1v) is 8.45. The lowest BCUT2D eigenvalue weighted by atomic mass is 9.96. The Kier molecular flexibility index (Phi) is 4.28. The Morgan fingerprint density at radius 2 is 2.20 bits per heavy atom. The van der Waals surface area contributed by atoms with Crippen LogP contribution in [0.15, 0.2) is 29.2 Å². The average Bonchev–Trinajstić information content (AvgIpc) is 3.30. The van der Waals surface area contributed by atoms with E-state index < -0.39 is 0 Å². The summed E-state index contributed by atoms with van der Waals surface area (Å²) >= 11 is 0. The lowest BCUT2D eigenvalue weighted by Crippen LogP contribution is -2.42. The summed E-state index contributed by atoms with van der Waals surface area (Å²) in [6.07, 6.45) is 8.95. The molecule has 3 heterocycles. The molecule has 9 heteroatoms. The van der Waals surface area contributed by atoms with Crippen molar-refractivity contribution in [3.8, 4) is 11.4 Å². The molecule has 1 aliphatic rings. The minimum Gasteiger partial charge on any atom is -0.337 e. The zero-order chi connectivity index (χ0) is 17.1. The van der Waals surface area contributed by atoms with Crippen molar-refractivity contribution in [3.63, 3.8) is 0 Å². The van der Waals surface area contributed by atoms with E-state index in [1.54, 1.807) is 10.7 Å². The molecular formula is C16H19N7O2. The van der Waals surface area contributed by atoms with E-state index in [1.165, 1.54) is 25.6 Å². The number of nitrogens with one attached hydrogen (secondary N) is 2. The highest BCUT2D eigenvalue weighted by atomic mass is 16.5. The third-order valence-corrected chi connectivity index (χ3v) is 4.35. The smallest absolute Gasteiger partial charge is 0.315 e. The van der Waals surface area contributed by atoms with Gasteiger partial charge in [-0.15, -0.1) is 0 Å². The molecule has 25 heavy (non-hydrogen) atoms. The van der Waals surface area contributed by atoms with Gasteiger partial charge in [-0.1, -0.05) is 24.4 Å². The Hall–Kier alpha value is -2.97. The van der Waals surface area contributed by atoms with Crippen LogP contribution in [0.2, 0.25) is 0 Å². The Morgan fingerprint density at radius 1 is 1.32 bits per heavy atom. The van der Waals surface area contributed by atoms with Crippen LogP contribution in [-0.2, 0) is 6.54 Å². The number of carbonyl (C=O) groups is 1. The van der Waals surface area contributed by atoms with Crippen molar-refractivity contribution in [3.05, 3.63) is 30.5 Å². The molecule has 0 saturated heterocycles. The Morgan fingerprint density at radius 3 is 3.08 bits per heavy atom. The van der Waals surface area contributed by atoms with Gasteiger partial charge >= 0.3 is 6.03 Å². The van der Waals surface area contributed by atoms with E-state index in [0.717, 1.165) is 18.4 Å². The lowest BCUT2D eigenvalue weighted by Gasteiger charge is -2.22. The van der Waals surface area contributed by atoms with Gasteiger partial charge < -0.3 is 15.2 Å². The SMILES string of the molecule is O=C(NCc1nc(-c2cccn3ncnc23)no1)NC1CCCCC1. The number of hydrogen-bond acceptors (Lipinski definition) is 6. The van der Waals surface area contributed by atoms with Gasteiger partial charge in [0.25, 0.3) is 0 Å². The second-order valence-electron chi connectivity index (χ2n) is 6.12. The molecule has 3 aromatic rings. The molecule has 0 spiro atoms. The largest absolute Gasteiger partial charge is 0.337 e. The molecule has 4 rings (SSSR count). The van der Waals surface area contributed by atoms with Crippen molar-refractivity contribution in [2.24, 2.45) is 0 Å². The topological polar surface area (TPSA) is 110 Å². The number of aromatic nitrogens is 5. The highest BCUT2D eigenvalue weighted by Gasteiger charge is 2.17. The summed E-state index contributed by atoms with van der Waals surface area (Å²) < 4.78 is 6.86. The summed E-state index contributed by atoms with van der Waals surface area (Å²) in [5.74, 6) is 0.762. The van der Waals surface area contributed by atoms with Gasteiger partial charge in [-0.2, -0.15) is 10.1 Å². The minimum absolute atomic E-state index is 0.182. The Bertz CT molecular complexity index is 866. The molecule has 3 aromatic heterocycles. The highest BCUT2D eigenvalue weighted by Crippen LogP contribution is 2.20. The molecule has 0 bridgehead atoms. The molecule has 0 radical (unpaired) electrons. The third kappa shape index (κ3) is 3.44. The summed E-state index contributed by atoms with van der Waals surface area (Å²) in [5, 5.41) is 13.8. The van der Waals surface area contributed by atoms with Gasteiger partial charge in [-0.25, -0.2) is 14.3 Å². The van der Waals surface area contributed by atoms with Crippen LogP contribution in [-0.4, -0.2) is 36.8 Å². The number of carbonyl (C=O) groups excluding carboxylic acids is 1. The van der Waals surface area contributed by atoms with Crippen molar-refractivity contribution >= 4 is 11.7 Å². The molecule has 0 aliphatic heterocycles. The lowest BCUT2D eigenvalue weighted by molar-refractivity contribution is 0.230. The second-order valence-corrected chi connectivity index (χ2v) is 6.12. The Balaban J connectivity index is 1.38. The normalized spacial score (nSPS) is 15.4. The summed E-state index contributed by atoms with van der Waals surface area (Å²) in [4.78, 5) is 20.5. The molecule has 0 aromatic carbocycles. The fourth-order valence-corrected chi connectivity index (χ4v) is 3.10. The van der Waals surface area contributed by atoms with Gasteiger partial charge in [0.15, 0.2) is 5.65 Å². The highest BCUT2D eigenvalue weighted by molar-refractivity contribution is 5.74. The van der Waals surface area contributed by atoms with E-state index in [9.17, 15) is 4.79 Å². The van der Waals surface area contributed by atoms with Gasteiger partial charge in [0.05, 0.1) is 12.1 Å². The van der Waals surface area contributed by atoms with Crippen molar-refractivity contribution < 1.29 is 9.32 Å². The molecular weight excluding hydrogens is 322 g/mol. The molecule has 9 nitrogen and oxygen atoms in total. The van der Waals surface area contributed by atoms with E-state index >= 15 is 0 Å². The Labute approximate surface area is 143 Å². The van der Waals surface area contributed by atoms with Crippen LogP contribution >= 0.6 is 0 Å². The number of amides is 2. The van der Waals surface area contributed by atoms with Gasteiger partial charge in [0.1, 0.15) is 6.33 Å². The quantitative estimate of drug-likeness (QED) is 0.750. The minimum atomic E-state index is -0.203. The summed E-state index contributed by atoms with van der Waals surface area (Å²) in [6.45, 7) is 0.182. The third-order valence-electron chi connectivity index (χ3n) is 4.35. The van der Waals surface area contributed by atoms with E-state index in [1.807, 2.05) is 12.1 Å². The number of nitrogens with zero attached hydrogens (tertiary/aromatic N) is 5. The standard InChI is InChI=1S/C16H19N7O2/c24-16(20-11-5-2-1-3-6-11)17-9-13-21-14(22-25-13)12-7-4-8-23-15(12)18-10-19-23/h4,7-8,10-11H,1-3,5-6,9H2,(H2,17,20,24). The summed E-state index contributed by atoms with van der Waals surface area (Å²) in [6, 6.07) is 3.74. The molecule has 130 valence electrons. The summed E-state index contributed by atoms with van der Waals surface area (Å²) in [7, 11) is 0. The van der Waals surface area contributed by atoms with E-state index in [2.05, 4.69) is 30.9 Å². The van der Waals surface area contributed by atoms with Gasteiger partial charge in [0, 0.05) is 12.2 Å². The van der Waals surface area contributed by atoms with Crippen molar-refractivity contribution in [1.82, 2.24) is 35.4 Å². The van der Waals surface area contributed by atoms with Gasteiger partial charge in [-0.05, 0) is 25.0 Å². The number of rotatable bonds is 4. The van der Waals surface area contributed by atoms with Crippen LogP contribution in [0.25, 0.3) is 17.0 Å². The number of hydrogen-bond donors (Lipinski definition) is 2. The number of pyridine rings is 1. The predicted octanol–water partition coefficient (Wildman–Crippen LogP) is 1.91. The van der Waals surface area contributed by atoms with Crippen LogP contribution in [0.4, 0.5) is 4.79 Å². The molecule has 1 aliphatic carbocycles. The second kappa shape index (κ2) is 6.88. The van der Waals surface area contributed by atoms with E-state index in [0.29, 0.717) is 17.4 Å². The average molecular weight is 341 g/mol. The maximum Gasteiger partial charge on any atom is 0.315 e. The number of urea groups is 1. The molecule has 0 atom stereocenters. The first kappa shape index (κ1) is 15.6. The van der Waals surface area contributed by atoms with Crippen molar-refractivity contribution in [2.45, 2.75) is 44.7 Å². The fraction of sp³-hybridized carbons (Fsp3) is 0.438. The maximum atomic E-state index is 12.0. The first-order chi connectivity index (χ1) is 12.3. The van der Waals surface area contributed by atoms with Crippen LogP contribution < -0.4 is 10.6 Å². The van der Waals surface area contributed by atoms with Crippen LogP contribution in [0, 0.1) is 0 Å². The molecule has 1 saturated carbocycles. The number of fused-ring (bicyclic) bond motifs is 1. The van der Waals surface area contributed by atoms with Crippen LogP contribution in [0.1, 0.15) is 38.0 Å². The van der Waals surface area contributed by atoms with Crippen molar-refractivity contribution in [2.75, 3.05) is 0 Å². The zero-order valence-corrected chi connectivity index (χ0v) is 13.7. The van der Waals surface area contributed by atoms with Crippen LogP contribution in [0.3, 0.4) is 0 Å². The zero-order valence-electron chi connectivity index (χ0n) is 13.7. The maximum absolute atomic E-state index is 12.0. The van der Waals surface area contributed by atoms with Gasteiger partial charge in [0.2, 0.25) is 11.7 Å². The molecule has 0 unspecified atom stereocenters. The van der Waals surface area contributed by atoms with E-state index in [4.69, 9.17) is 4.52 Å². The summed E-state index contributed by atoms with van der Waals surface area (Å²) in [5.41, 5.74) is 1.37. The van der Waals surface area contributed by atoms with Gasteiger partial charge in [-0.3, -0.25) is 0 Å². The molecule has 2 amide bonds. The van der Waals surface area contributed by atoms with E-state index in [-0.39, 0.29) is 18.6 Å². The van der Waals surface area contributed by atoms with Crippen LogP contribution in [0.5, 0.6) is 0 Å². The predicted molar refractivity (Wildman–Crippen MR) is 88.5 cm³/mol. The fourth-order valence-electron chi connectivity index (χ4n) is 3.10. The molecule has 2 N–H and O–H groups in total. The first-order valence-electron chi connectivity index (χ1n) is 8.45. The monoisotopic (exact) mass is 341 g/mol.